The Morgan fingerprint density at radius 3 is 2.26 bits per heavy atom. The summed E-state index contributed by atoms with van der Waals surface area (Å²) in [6.45, 7) is 2.33. The normalized spacial score (nSPS) is 15.1. The van der Waals surface area contributed by atoms with Gasteiger partial charge >= 0.3 is 0 Å². The second-order valence-electron chi connectivity index (χ2n) is 6.84. The van der Waals surface area contributed by atoms with E-state index in [0.717, 1.165) is 50.5 Å². The first kappa shape index (κ1) is 23.9. The third-order valence-corrected chi connectivity index (χ3v) is 6.64. The summed E-state index contributed by atoms with van der Waals surface area (Å²) >= 11 is 0. The van der Waals surface area contributed by atoms with Gasteiger partial charge in [-0.05, 0) is 49.9 Å². The molecule has 3 N–H and O–H groups in total. The summed E-state index contributed by atoms with van der Waals surface area (Å²) in [5, 5.41) is 2.89. The van der Waals surface area contributed by atoms with E-state index in [4.69, 9.17) is 5.73 Å². The van der Waals surface area contributed by atoms with Gasteiger partial charge in [0.2, 0.25) is 15.9 Å². The maximum absolute atomic E-state index is 12.6. The second kappa shape index (κ2) is 12.3. The van der Waals surface area contributed by atoms with Crippen molar-refractivity contribution in [3.8, 4) is 0 Å². The minimum absolute atomic E-state index is 0. The van der Waals surface area contributed by atoms with Crippen molar-refractivity contribution in [3.63, 3.8) is 0 Å². The lowest BCUT2D eigenvalue weighted by molar-refractivity contribution is -0.121. The standard InChI is InChI=1S/C19H31N3O3S.ClH/c20-13-5-2-1-4-8-19(23)21-16-17-9-11-18(12-10-17)26(24,25)22-14-6-3-7-15-22;/h9-12H,1-8,13-16,20H2,(H,21,23);1H. The van der Waals surface area contributed by atoms with Crippen LogP contribution in [0.5, 0.6) is 0 Å². The third-order valence-electron chi connectivity index (χ3n) is 4.72. The van der Waals surface area contributed by atoms with Crippen LogP contribution in [-0.4, -0.2) is 38.3 Å². The predicted octanol–water partition coefficient (Wildman–Crippen LogP) is 2.81. The van der Waals surface area contributed by atoms with Crippen LogP contribution in [-0.2, 0) is 21.4 Å². The number of piperidine rings is 1. The molecule has 154 valence electrons. The molecule has 0 spiro atoms. The number of hydrogen-bond acceptors (Lipinski definition) is 4. The topological polar surface area (TPSA) is 92.5 Å². The number of carbonyl (C=O) groups is 1. The van der Waals surface area contributed by atoms with Crippen molar-refractivity contribution in [2.24, 2.45) is 5.73 Å². The third kappa shape index (κ3) is 7.78. The minimum Gasteiger partial charge on any atom is -0.352 e. The number of nitrogens with zero attached hydrogens (tertiary/aromatic N) is 1. The van der Waals surface area contributed by atoms with Crippen molar-refractivity contribution >= 4 is 28.3 Å². The monoisotopic (exact) mass is 417 g/mol. The van der Waals surface area contributed by atoms with Gasteiger partial charge in [-0.15, -0.1) is 12.4 Å². The van der Waals surface area contributed by atoms with Crippen LogP contribution in [0.4, 0.5) is 0 Å². The highest BCUT2D eigenvalue weighted by Crippen LogP contribution is 2.20. The van der Waals surface area contributed by atoms with Crippen LogP contribution in [0.1, 0.15) is 56.9 Å². The molecule has 0 unspecified atom stereocenters. The maximum atomic E-state index is 12.6. The molecule has 1 aliphatic heterocycles. The highest BCUT2D eigenvalue weighted by atomic mass is 35.5. The molecule has 1 aromatic rings. The zero-order valence-electron chi connectivity index (χ0n) is 15.9. The van der Waals surface area contributed by atoms with Crippen LogP contribution in [0, 0.1) is 0 Å². The molecule has 1 saturated heterocycles. The molecule has 1 amide bonds. The highest BCUT2D eigenvalue weighted by molar-refractivity contribution is 7.89. The van der Waals surface area contributed by atoms with Gasteiger partial charge in [0.15, 0.2) is 0 Å². The summed E-state index contributed by atoms with van der Waals surface area (Å²) in [6, 6.07) is 6.83. The number of halogens is 1. The van der Waals surface area contributed by atoms with Crippen molar-refractivity contribution < 1.29 is 13.2 Å². The number of hydrogen-bond donors (Lipinski definition) is 2. The van der Waals surface area contributed by atoms with Crippen molar-refractivity contribution in [3.05, 3.63) is 29.8 Å². The van der Waals surface area contributed by atoms with E-state index in [2.05, 4.69) is 5.32 Å². The SMILES string of the molecule is Cl.NCCCCCCC(=O)NCc1ccc(S(=O)(=O)N2CCCCC2)cc1. The molecule has 1 aromatic carbocycles. The summed E-state index contributed by atoms with van der Waals surface area (Å²) in [7, 11) is -3.39. The van der Waals surface area contributed by atoms with Gasteiger partial charge in [0.05, 0.1) is 4.90 Å². The summed E-state index contributed by atoms with van der Waals surface area (Å²) in [6.07, 6.45) is 7.44. The molecular weight excluding hydrogens is 386 g/mol. The van der Waals surface area contributed by atoms with Crippen LogP contribution in [0.25, 0.3) is 0 Å². The van der Waals surface area contributed by atoms with Crippen molar-refractivity contribution in [2.75, 3.05) is 19.6 Å². The van der Waals surface area contributed by atoms with Crippen molar-refractivity contribution in [1.29, 1.82) is 0 Å². The Hall–Kier alpha value is -1.15. The van der Waals surface area contributed by atoms with Gasteiger partial charge in [0.1, 0.15) is 0 Å². The van der Waals surface area contributed by atoms with Crippen LogP contribution in [0.15, 0.2) is 29.2 Å². The number of unbranched alkanes of at least 4 members (excludes halogenated alkanes) is 3. The van der Waals surface area contributed by atoms with Crippen LogP contribution >= 0.6 is 12.4 Å². The molecule has 0 saturated carbocycles. The number of nitrogens with two attached hydrogens (primary N) is 1. The van der Waals surface area contributed by atoms with Crippen LogP contribution in [0.2, 0.25) is 0 Å². The molecule has 0 bridgehead atoms. The summed E-state index contributed by atoms with van der Waals surface area (Å²) in [4.78, 5) is 12.2. The molecule has 0 atom stereocenters. The van der Waals surface area contributed by atoms with Crippen LogP contribution < -0.4 is 11.1 Å². The average Bonchev–Trinajstić information content (AvgIpc) is 2.67. The van der Waals surface area contributed by atoms with E-state index in [1.54, 1.807) is 28.6 Å². The van der Waals surface area contributed by atoms with Crippen molar-refractivity contribution in [1.82, 2.24) is 9.62 Å². The Balaban J connectivity index is 0.00000364. The lowest BCUT2D eigenvalue weighted by atomic mass is 10.1. The Bertz CT molecular complexity index is 659. The van der Waals surface area contributed by atoms with Gasteiger partial charge in [-0.3, -0.25) is 4.79 Å². The van der Waals surface area contributed by atoms with E-state index >= 15 is 0 Å². The fraction of sp³-hybridized carbons (Fsp3) is 0.632. The van der Waals surface area contributed by atoms with E-state index in [9.17, 15) is 13.2 Å². The second-order valence-corrected chi connectivity index (χ2v) is 8.78. The fourth-order valence-corrected chi connectivity index (χ4v) is 4.62. The smallest absolute Gasteiger partial charge is 0.243 e. The first-order valence-corrected chi connectivity index (χ1v) is 11.0. The average molecular weight is 418 g/mol. The predicted molar refractivity (Wildman–Crippen MR) is 110 cm³/mol. The van der Waals surface area contributed by atoms with Gasteiger partial charge in [-0.2, -0.15) is 4.31 Å². The molecule has 6 nitrogen and oxygen atoms in total. The number of nitrogens with one attached hydrogen (secondary N) is 1. The fourth-order valence-electron chi connectivity index (χ4n) is 3.11. The van der Waals surface area contributed by atoms with Gasteiger partial charge in [0.25, 0.3) is 0 Å². The quantitative estimate of drug-likeness (QED) is 0.572. The molecule has 8 heteroatoms. The Kier molecular flexibility index (Phi) is 10.9. The molecule has 0 radical (unpaired) electrons. The molecule has 27 heavy (non-hydrogen) atoms. The molecule has 1 aliphatic rings. The molecule has 2 rings (SSSR count). The number of amides is 1. The Labute approximate surface area is 169 Å². The van der Waals surface area contributed by atoms with Crippen molar-refractivity contribution in [2.45, 2.75) is 62.8 Å². The molecule has 1 heterocycles. The zero-order valence-corrected chi connectivity index (χ0v) is 17.5. The van der Waals surface area contributed by atoms with E-state index in [1.807, 2.05) is 0 Å². The Morgan fingerprint density at radius 2 is 1.63 bits per heavy atom. The van der Waals surface area contributed by atoms with Gasteiger partial charge in [-0.25, -0.2) is 8.42 Å². The molecule has 1 fully saturated rings. The number of carbonyl (C=O) groups excluding carboxylic acids is 1. The van der Waals surface area contributed by atoms with E-state index < -0.39 is 10.0 Å². The van der Waals surface area contributed by atoms with Gasteiger partial charge in [-0.1, -0.05) is 31.4 Å². The largest absolute Gasteiger partial charge is 0.352 e. The summed E-state index contributed by atoms with van der Waals surface area (Å²) in [5.41, 5.74) is 6.34. The maximum Gasteiger partial charge on any atom is 0.243 e. The van der Waals surface area contributed by atoms with Gasteiger partial charge in [0, 0.05) is 26.1 Å². The van der Waals surface area contributed by atoms with E-state index in [-0.39, 0.29) is 18.3 Å². The summed E-state index contributed by atoms with van der Waals surface area (Å²) in [5.74, 6) is 0.0303. The van der Waals surface area contributed by atoms with E-state index in [0.29, 0.717) is 37.5 Å². The summed E-state index contributed by atoms with van der Waals surface area (Å²) < 4.78 is 26.8. The minimum atomic E-state index is -3.39. The molecule has 0 aliphatic carbocycles. The zero-order chi connectivity index (χ0) is 18.8. The first-order valence-electron chi connectivity index (χ1n) is 9.60. The highest BCUT2D eigenvalue weighted by Gasteiger charge is 2.25. The van der Waals surface area contributed by atoms with E-state index in [1.165, 1.54) is 0 Å². The molecular formula is C19H32ClN3O3S. The van der Waals surface area contributed by atoms with Gasteiger partial charge < -0.3 is 11.1 Å². The Morgan fingerprint density at radius 1 is 1.00 bits per heavy atom. The lowest BCUT2D eigenvalue weighted by Gasteiger charge is -2.25. The lowest BCUT2D eigenvalue weighted by Crippen LogP contribution is -2.35. The number of sulfonamides is 1. The first-order chi connectivity index (χ1) is 12.5. The van der Waals surface area contributed by atoms with Crippen LogP contribution in [0.3, 0.4) is 0 Å². The number of rotatable bonds is 10. The number of benzene rings is 1. The molecule has 0 aromatic heterocycles.